The number of aliphatic hydroxyl groups is 1. The second kappa shape index (κ2) is 10.9. The summed E-state index contributed by atoms with van der Waals surface area (Å²) in [7, 11) is 1.71. The Morgan fingerprint density at radius 2 is 2.14 bits per heavy atom. The van der Waals surface area contributed by atoms with Crippen LogP contribution in [0.3, 0.4) is 0 Å². The molecule has 0 heterocycles. The second-order valence-corrected chi connectivity index (χ2v) is 3.23. The summed E-state index contributed by atoms with van der Waals surface area (Å²) in [4.78, 5) is 0. The van der Waals surface area contributed by atoms with Crippen LogP contribution in [-0.2, 0) is 9.47 Å². The predicted octanol–water partition coefficient (Wildman–Crippen LogP) is 0.400. The maximum Gasteiger partial charge on any atom is 0.0698 e. The maximum atomic E-state index is 8.48. The highest BCUT2D eigenvalue weighted by atomic mass is 16.5. The van der Waals surface area contributed by atoms with Crippen LogP contribution in [-0.4, -0.2) is 51.2 Å². The van der Waals surface area contributed by atoms with Crippen LogP contribution in [0.1, 0.15) is 19.8 Å². The zero-order chi connectivity index (χ0) is 10.6. The first-order valence-corrected chi connectivity index (χ1v) is 5.26. The van der Waals surface area contributed by atoms with Crippen molar-refractivity contribution in [2.75, 3.05) is 40.1 Å². The molecular formula is C10H23NO3. The van der Waals surface area contributed by atoms with E-state index in [0.29, 0.717) is 19.3 Å². The van der Waals surface area contributed by atoms with Crippen LogP contribution in [0.2, 0.25) is 0 Å². The second-order valence-electron chi connectivity index (χ2n) is 3.23. The van der Waals surface area contributed by atoms with E-state index in [1.807, 2.05) is 0 Å². The lowest BCUT2D eigenvalue weighted by molar-refractivity contribution is 0.0886. The highest BCUT2D eigenvalue weighted by Crippen LogP contribution is 1.96. The third-order valence-electron chi connectivity index (χ3n) is 1.92. The zero-order valence-electron chi connectivity index (χ0n) is 9.29. The number of rotatable bonds is 10. The molecule has 0 saturated carbocycles. The molecular weight excluding hydrogens is 182 g/mol. The van der Waals surface area contributed by atoms with Gasteiger partial charge in [-0.05, 0) is 6.42 Å². The van der Waals surface area contributed by atoms with E-state index in [1.54, 1.807) is 7.11 Å². The van der Waals surface area contributed by atoms with E-state index in [-0.39, 0.29) is 6.61 Å². The lowest BCUT2D eigenvalue weighted by Crippen LogP contribution is -2.35. The average molecular weight is 205 g/mol. The van der Waals surface area contributed by atoms with Crippen LogP contribution in [0.5, 0.6) is 0 Å². The Balaban J connectivity index is 3.30. The Morgan fingerprint density at radius 1 is 1.36 bits per heavy atom. The molecule has 0 amide bonds. The van der Waals surface area contributed by atoms with Gasteiger partial charge in [-0.3, -0.25) is 0 Å². The SMILES string of the molecule is CCCC(COC)NCCOCCO. The molecule has 2 N–H and O–H groups in total. The molecule has 0 aromatic rings. The largest absolute Gasteiger partial charge is 0.394 e. The van der Waals surface area contributed by atoms with Gasteiger partial charge >= 0.3 is 0 Å². The third kappa shape index (κ3) is 8.44. The third-order valence-corrected chi connectivity index (χ3v) is 1.92. The van der Waals surface area contributed by atoms with Crippen LogP contribution in [0.4, 0.5) is 0 Å². The van der Waals surface area contributed by atoms with E-state index >= 15 is 0 Å². The predicted molar refractivity (Wildman–Crippen MR) is 56.5 cm³/mol. The number of aliphatic hydroxyl groups excluding tert-OH is 1. The molecule has 4 nitrogen and oxygen atoms in total. The maximum absolute atomic E-state index is 8.48. The Morgan fingerprint density at radius 3 is 2.71 bits per heavy atom. The monoisotopic (exact) mass is 205 g/mol. The summed E-state index contributed by atoms with van der Waals surface area (Å²) in [5, 5.41) is 11.8. The van der Waals surface area contributed by atoms with Crippen molar-refractivity contribution < 1.29 is 14.6 Å². The van der Waals surface area contributed by atoms with Gasteiger partial charge in [0.1, 0.15) is 0 Å². The summed E-state index contributed by atoms with van der Waals surface area (Å²) in [6.07, 6.45) is 2.27. The van der Waals surface area contributed by atoms with E-state index in [2.05, 4.69) is 12.2 Å². The molecule has 1 unspecified atom stereocenters. The van der Waals surface area contributed by atoms with Gasteiger partial charge in [0.05, 0.1) is 26.4 Å². The Bertz CT molecular complexity index is 106. The van der Waals surface area contributed by atoms with Crippen molar-refractivity contribution in [2.24, 2.45) is 0 Å². The van der Waals surface area contributed by atoms with Gasteiger partial charge < -0.3 is 19.9 Å². The summed E-state index contributed by atoms with van der Waals surface area (Å²) < 4.78 is 10.2. The van der Waals surface area contributed by atoms with Crippen molar-refractivity contribution >= 4 is 0 Å². The van der Waals surface area contributed by atoms with Gasteiger partial charge in [0.15, 0.2) is 0 Å². The molecule has 0 spiro atoms. The van der Waals surface area contributed by atoms with E-state index in [9.17, 15) is 0 Å². The summed E-state index contributed by atoms with van der Waals surface area (Å²) in [5.41, 5.74) is 0. The molecule has 86 valence electrons. The summed E-state index contributed by atoms with van der Waals surface area (Å²) in [6.45, 7) is 4.87. The van der Waals surface area contributed by atoms with Gasteiger partial charge in [0.2, 0.25) is 0 Å². The van der Waals surface area contributed by atoms with Crippen molar-refractivity contribution in [1.82, 2.24) is 5.32 Å². The number of nitrogens with one attached hydrogen (secondary N) is 1. The van der Waals surface area contributed by atoms with Crippen LogP contribution in [0.25, 0.3) is 0 Å². The van der Waals surface area contributed by atoms with Crippen molar-refractivity contribution in [3.63, 3.8) is 0 Å². The minimum atomic E-state index is 0.0937. The minimum absolute atomic E-state index is 0.0937. The van der Waals surface area contributed by atoms with E-state index in [1.165, 1.54) is 0 Å². The van der Waals surface area contributed by atoms with Crippen LogP contribution in [0, 0.1) is 0 Å². The lowest BCUT2D eigenvalue weighted by atomic mass is 10.2. The van der Waals surface area contributed by atoms with E-state index in [0.717, 1.165) is 26.0 Å². The standard InChI is InChI=1S/C10H23NO3/c1-3-4-10(9-13-2)11-5-7-14-8-6-12/h10-12H,3-9H2,1-2H3. The van der Waals surface area contributed by atoms with Crippen LogP contribution < -0.4 is 5.32 Å². The van der Waals surface area contributed by atoms with Crippen LogP contribution >= 0.6 is 0 Å². The molecule has 0 aliphatic carbocycles. The summed E-state index contributed by atoms with van der Waals surface area (Å²) >= 11 is 0. The number of ether oxygens (including phenoxy) is 2. The minimum Gasteiger partial charge on any atom is -0.394 e. The fourth-order valence-corrected chi connectivity index (χ4v) is 1.30. The molecule has 0 radical (unpaired) electrons. The first-order valence-electron chi connectivity index (χ1n) is 5.26. The van der Waals surface area contributed by atoms with Gasteiger partial charge in [-0.1, -0.05) is 13.3 Å². The van der Waals surface area contributed by atoms with Gasteiger partial charge in [-0.2, -0.15) is 0 Å². The number of methoxy groups -OCH3 is 1. The van der Waals surface area contributed by atoms with Crippen molar-refractivity contribution in [3.8, 4) is 0 Å². The molecule has 1 atom stereocenters. The zero-order valence-corrected chi connectivity index (χ0v) is 9.29. The highest BCUT2D eigenvalue weighted by Gasteiger charge is 2.05. The van der Waals surface area contributed by atoms with Gasteiger partial charge in [0.25, 0.3) is 0 Å². The molecule has 0 saturated heterocycles. The molecule has 0 aliphatic rings. The highest BCUT2D eigenvalue weighted by molar-refractivity contribution is 4.64. The first kappa shape index (κ1) is 13.8. The molecule has 0 aromatic carbocycles. The van der Waals surface area contributed by atoms with Crippen LogP contribution in [0.15, 0.2) is 0 Å². The number of hydrogen-bond donors (Lipinski definition) is 2. The molecule has 0 bridgehead atoms. The lowest BCUT2D eigenvalue weighted by Gasteiger charge is -2.16. The van der Waals surface area contributed by atoms with Gasteiger partial charge in [0, 0.05) is 19.7 Å². The summed E-state index contributed by atoms with van der Waals surface area (Å²) in [5.74, 6) is 0. The molecule has 0 aromatic heterocycles. The Hall–Kier alpha value is -0.160. The Kier molecular flexibility index (Phi) is 10.8. The molecule has 0 aliphatic heterocycles. The first-order chi connectivity index (χ1) is 6.85. The Labute approximate surface area is 86.6 Å². The topological polar surface area (TPSA) is 50.7 Å². The molecule has 14 heavy (non-hydrogen) atoms. The fraction of sp³-hybridized carbons (Fsp3) is 1.00. The van der Waals surface area contributed by atoms with Gasteiger partial charge in [-0.15, -0.1) is 0 Å². The molecule has 0 fully saturated rings. The molecule has 4 heteroatoms. The fourth-order valence-electron chi connectivity index (χ4n) is 1.30. The number of hydrogen-bond acceptors (Lipinski definition) is 4. The van der Waals surface area contributed by atoms with Crippen molar-refractivity contribution in [1.29, 1.82) is 0 Å². The summed E-state index contributed by atoms with van der Waals surface area (Å²) in [6, 6.07) is 0.419. The van der Waals surface area contributed by atoms with Crippen molar-refractivity contribution in [2.45, 2.75) is 25.8 Å². The quantitative estimate of drug-likeness (QED) is 0.507. The van der Waals surface area contributed by atoms with E-state index < -0.39 is 0 Å². The normalized spacial score (nSPS) is 13.1. The average Bonchev–Trinajstić information content (AvgIpc) is 2.18. The van der Waals surface area contributed by atoms with E-state index in [4.69, 9.17) is 14.6 Å². The van der Waals surface area contributed by atoms with Gasteiger partial charge in [-0.25, -0.2) is 0 Å². The van der Waals surface area contributed by atoms with Crippen molar-refractivity contribution in [3.05, 3.63) is 0 Å². The smallest absolute Gasteiger partial charge is 0.0698 e. The molecule has 0 rings (SSSR count).